The van der Waals surface area contributed by atoms with E-state index >= 15 is 0 Å². The van der Waals surface area contributed by atoms with Crippen LogP contribution in [0.2, 0.25) is 12.6 Å². The van der Waals surface area contributed by atoms with Gasteiger partial charge in [0.15, 0.2) is 0 Å². The summed E-state index contributed by atoms with van der Waals surface area (Å²) in [6.07, 6.45) is 5.71. The maximum absolute atomic E-state index is 11.5. The molecule has 126 valence electrons. The summed E-state index contributed by atoms with van der Waals surface area (Å²) >= 11 is 0. The van der Waals surface area contributed by atoms with Gasteiger partial charge in [0, 0.05) is 32.0 Å². The largest absolute Gasteiger partial charge is 0.395 e. The summed E-state index contributed by atoms with van der Waals surface area (Å²) in [5.41, 5.74) is -0.683. The first kappa shape index (κ1) is 18.9. The van der Waals surface area contributed by atoms with Crippen molar-refractivity contribution >= 4 is 8.56 Å². The zero-order valence-corrected chi connectivity index (χ0v) is 14.9. The number of aromatic nitrogens is 2. The molecule has 0 atom stereocenters. The average molecular weight is 328 g/mol. The summed E-state index contributed by atoms with van der Waals surface area (Å²) in [7, 11) is -1.98. The van der Waals surface area contributed by atoms with Crippen molar-refractivity contribution in [3.63, 3.8) is 0 Å². The Morgan fingerprint density at radius 1 is 1.09 bits per heavy atom. The number of unbranched alkanes of at least 4 members (excludes halogenated alkanes) is 3. The maximum atomic E-state index is 11.5. The Kier molecular flexibility index (Phi) is 8.37. The smallest absolute Gasteiger partial charge is 0.334 e. The third kappa shape index (κ3) is 6.72. The van der Waals surface area contributed by atoms with Crippen molar-refractivity contribution < 1.29 is 8.85 Å². The molecule has 0 bridgehead atoms. The predicted octanol–water partition coefficient (Wildman–Crippen LogP) is 2.24. The van der Waals surface area contributed by atoms with Gasteiger partial charge in [-0.3, -0.25) is 9.78 Å². The molecule has 1 heterocycles. The molecule has 22 heavy (non-hydrogen) atoms. The number of aromatic amines is 1. The molecule has 0 saturated heterocycles. The van der Waals surface area contributed by atoms with Crippen LogP contribution in [-0.4, -0.2) is 31.3 Å². The lowest BCUT2D eigenvalue weighted by molar-refractivity contribution is 0.188. The molecule has 0 spiro atoms. The monoisotopic (exact) mass is 328 g/mol. The highest BCUT2D eigenvalue weighted by Crippen LogP contribution is 2.18. The third-order valence-electron chi connectivity index (χ3n) is 3.58. The van der Waals surface area contributed by atoms with Crippen LogP contribution < -0.4 is 11.2 Å². The van der Waals surface area contributed by atoms with Crippen LogP contribution in [0.25, 0.3) is 0 Å². The standard InChI is InChI=1S/C15H28N2O4Si/c1-4-20-22(3,21-5-2)13-9-7-6-8-11-17-12-10-14(18)16-15(17)19/h10,12H,4-9,11,13H2,1-3H3,(H,16,18,19). The van der Waals surface area contributed by atoms with Crippen LogP contribution in [-0.2, 0) is 15.4 Å². The second-order valence-corrected chi connectivity index (χ2v) is 8.81. The molecular weight excluding hydrogens is 300 g/mol. The van der Waals surface area contributed by atoms with Gasteiger partial charge in [-0.15, -0.1) is 0 Å². The SMILES string of the molecule is CCO[Si](C)(CCCCCCn1ccc(=O)[nH]c1=O)OCC. The molecule has 0 aromatic carbocycles. The molecule has 0 fully saturated rings. The van der Waals surface area contributed by atoms with E-state index in [4.69, 9.17) is 8.85 Å². The summed E-state index contributed by atoms with van der Waals surface area (Å²) < 4.78 is 13.2. The van der Waals surface area contributed by atoms with E-state index in [9.17, 15) is 9.59 Å². The molecule has 1 aromatic rings. The molecular formula is C15H28N2O4Si. The second-order valence-electron chi connectivity index (χ2n) is 5.47. The number of aryl methyl sites for hydroxylation is 1. The lowest BCUT2D eigenvalue weighted by Gasteiger charge is -2.25. The Bertz CT molecular complexity index is 535. The van der Waals surface area contributed by atoms with Crippen LogP contribution >= 0.6 is 0 Å². The van der Waals surface area contributed by atoms with Crippen LogP contribution in [0, 0.1) is 0 Å². The molecule has 0 aliphatic rings. The molecule has 0 aliphatic heterocycles. The van der Waals surface area contributed by atoms with E-state index < -0.39 is 8.56 Å². The van der Waals surface area contributed by atoms with E-state index in [1.54, 1.807) is 10.8 Å². The van der Waals surface area contributed by atoms with Crippen LogP contribution in [0.4, 0.5) is 0 Å². The predicted molar refractivity (Wildman–Crippen MR) is 89.5 cm³/mol. The normalized spacial score (nSPS) is 11.8. The topological polar surface area (TPSA) is 73.3 Å². The van der Waals surface area contributed by atoms with Crippen molar-refractivity contribution in [1.29, 1.82) is 0 Å². The summed E-state index contributed by atoms with van der Waals surface area (Å²) in [5, 5.41) is 0. The van der Waals surface area contributed by atoms with E-state index in [-0.39, 0.29) is 11.2 Å². The first-order valence-corrected chi connectivity index (χ1v) is 10.6. The Hall–Kier alpha value is -1.18. The number of rotatable bonds is 11. The van der Waals surface area contributed by atoms with Gasteiger partial charge in [-0.25, -0.2) is 4.79 Å². The van der Waals surface area contributed by atoms with Gasteiger partial charge in [0.25, 0.3) is 5.56 Å². The molecule has 0 saturated carbocycles. The summed E-state index contributed by atoms with van der Waals surface area (Å²) in [5.74, 6) is 0. The van der Waals surface area contributed by atoms with E-state index in [2.05, 4.69) is 11.5 Å². The maximum Gasteiger partial charge on any atom is 0.334 e. The fourth-order valence-electron chi connectivity index (χ4n) is 2.50. The van der Waals surface area contributed by atoms with E-state index in [1.165, 1.54) is 6.07 Å². The second kappa shape index (κ2) is 9.76. The molecule has 1 N–H and O–H groups in total. The number of nitrogens with zero attached hydrogens (tertiary/aromatic N) is 1. The first-order chi connectivity index (χ1) is 10.5. The lowest BCUT2D eigenvalue weighted by Crippen LogP contribution is -2.38. The summed E-state index contributed by atoms with van der Waals surface area (Å²) in [4.78, 5) is 24.7. The Morgan fingerprint density at radius 3 is 2.32 bits per heavy atom. The summed E-state index contributed by atoms with van der Waals surface area (Å²) in [6.45, 7) is 8.19. The van der Waals surface area contributed by atoms with Gasteiger partial charge in [-0.1, -0.05) is 19.3 Å². The van der Waals surface area contributed by atoms with Crippen molar-refractivity contribution in [3.05, 3.63) is 33.1 Å². The zero-order valence-electron chi connectivity index (χ0n) is 13.9. The Morgan fingerprint density at radius 2 is 1.73 bits per heavy atom. The van der Waals surface area contributed by atoms with Gasteiger partial charge in [0.1, 0.15) is 0 Å². The summed E-state index contributed by atoms with van der Waals surface area (Å²) in [6, 6.07) is 2.38. The highest BCUT2D eigenvalue weighted by molar-refractivity contribution is 6.66. The minimum Gasteiger partial charge on any atom is -0.395 e. The zero-order chi connectivity index (χ0) is 16.4. The number of hydrogen-bond acceptors (Lipinski definition) is 4. The van der Waals surface area contributed by atoms with Gasteiger partial charge in [-0.2, -0.15) is 0 Å². The third-order valence-corrected chi connectivity index (χ3v) is 6.64. The minimum absolute atomic E-state index is 0.333. The molecule has 7 heteroatoms. The number of nitrogens with one attached hydrogen (secondary N) is 1. The quantitative estimate of drug-likeness (QED) is 0.499. The van der Waals surface area contributed by atoms with Gasteiger partial charge >= 0.3 is 14.3 Å². The molecule has 0 amide bonds. The fraction of sp³-hybridized carbons (Fsp3) is 0.733. The lowest BCUT2D eigenvalue weighted by atomic mass is 10.2. The molecule has 1 rings (SSSR count). The van der Waals surface area contributed by atoms with Crippen LogP contribution in [0.5, 0.6) is 0 Å². The fourth-order valence-corrected chi connectivity index (χ4v) is 4.98. The Balaban J connectivity index is 2.25. The highest BCUT2D eigenvalue weighted by Gasteiger charge is 2.29. The molecule has 0 unspecified atom stereocenters. The van der Waals surface area contributed by atoms with Gasteiger partial charge in [-0.05, 0) is 32.9 Å². The molecule has 0 radical (unpaired) electrons. The van der Waals surface area contributed by atoms with Crippen LogP contribution in [0.1, 0.15) is 39.5 Å². The van der Waals surface area contributed by atoms with Crippen molar-refractivity contribution in [2.24, 2.45) is 0 Å². The number of hydrogen-bond donors (Lipinski definition) is 1. The van der Waals surface area contributed by atoms with Gasteiger partial charge < -0.3 is 13.4 Å². The highest BCUT2D eigenvalue weighted by atomic mass is 28.4. The van der Waals surface area contributed by atoms with Gasteiger partial charge in [0.05, 0.1) is 0 Å². The molecule has 1 aromatic heterocycles. The van der Waals surface area contributed by atoms with Gasteiger partial charge in [0.2, 0.25) is 0 Å². The van der Waals surface area contributed by atoms with Crippen molar-refractivity contribution in [1.82, 2.24) is 9.55 Å². The van der Waals surface area contributed by atoms with Crippen molar-refractivity contribution in [3.8, 4) is 0 Å². The van der Waals surface area contributed by atoms with E-state index in [0.717, 1.165) is 31.7 Å². The molecule has 6 nitrogen and oxygen atoms in total. The molecule has 0 aliphatic carbocycles. The van der Waals surface area contributed by atoms with E-state index in [1.807, 2.05) is 13.8 Å². The number of H-pyrrole nitrogens is 1. The first-order valence-electron chi connectivity index (χ1n) is 8.08. The van der Waals surface area contributed by atoms with E-state index in [0.29, 0.717) is 19.8 Å². The Labute approximate surface area is 132 Å². The average Bonchev–Trinajstić information content (AvgIpc) is 2.45. The van der Waals surface area contributed by atoms with Crippen molar-refractivity contribution in [2.75, 3.05) is 13.2 Å². The van der Waals surface area contributed by atoms with Crippen molar-refractivity contribution in [2.45, 2.75) is 58.7 Å². The van der Waals surface area contributed by atoms with Crippen LogP contribution in [0.3, 0.4) is 0 Å². The van der Waals surface area contributed by atoms with Crippen LogP contribution in [0.15, 0.2) is 21.9 Å². The minimum atomic E-state index is -1.98.